The lowest BCUT2D eigenvalue weighted by atomic mass is 10.2. The molecule has 0 spiro atoms. The average molecular weight is 245 g/mol. The van der Waals surface area contributed by atoms with E-state index in [4.69, 9.17) is 15.7 Å². The van der Waals surface area contributed by atoms with Crippen LogP contribution in [0.4, 0.5) is 9.93 Å². The molecule has 1 aromatic heterocycles. The van der Waals surface area contributed by atoms with Crippen LogP contribution in [0, 0.1) is 0 Å². The van der Waals surface area contributed by atoms with Crippen LogP contribution in [0.25, 0.3) is 0 Å². The van der Waals surface area contributed by atoms with Crippen molar-refractivity contribution in [1.29, 1.82) is 0 Å². The normalized spacial score (nSPS) is 11.3. The Bertz CT molecular complexity index is 372. The summed E-state index contributed by atoms with van der Waals surface area (Å²) in [6.07, 6.45) is 0.788. The standard InChI is InChI=1S/C9H15N3O3S/c1-9(2,3)15-8(14)12(10)7-11-4-6(5-13)16-7/h4,13H,5,10H2,1-3H3. The summed E-state index contributed by atoms with van der Waals surface area (Å²) in [7, 11) is 0. The van der Waals surface area contributed by atoms with Crippen LogP contribution in [0.5, 0.6) is 0 Å². The van der Waals surface area contributed by atoms with Gasteiger partial charge in [0.05, 0.1) is 11.5 Å². The van der Waals surface area contributed by atoms with E-state index in [1.165, 1.54) is 6.20 Å². The number of ether oxygens (including phenoxy) is 1. The van der Waals surface area contributed by atoms with E-state index < -0.39 is 11.7 Å². The monoisotopic (exact) mass is 245 g/mol. The molecule has 1 rings (SSSR count). The van der Waals surface area contributed by atoms with Crippen LogP contribution < -0.4 is 10.9 Å². The summed E-state index contributed by atoms with van der Waals surface area (Å²) in [6, 6.07) is 0. The van der Waals surface area contributed by atoms with Crippen LogP contribution in [-0.2, 0) is 11.3 Å². The zero-order chi connectivity index (χ0) is 12.3. The summed E-state index contributed by atoms with van der Waals surface area (Å²) < 4.78 is 5.06. The number of aliphatic hydroxyl groups excluding tert-OH is 1. The Kier molecular flexibility index (Phi) is 3.84. The number of hydrogen-bond acceptors (Lipinski definition) is 6. The molecule has 0 radical (unpaired) electrons. The maximum Gasteiger partial charge on any atom is 0.431 e. The van der Waals surface area contributed by atoms with Crippen molar-refractivity contribution < 1.29 is 14.6 Å². The molecule has 0 fully saturated rings. The number of hydrogen-bond donors (Lipinski definition) is 2. The molecule has 0 aliphatic rings. The van der Waals surface area contributed by atoms with Gasteiger partial charge in [-0.15, -0.1) is 0 Å². The molecule has 0 bridgehead atoms. The van der Waals surface area contributed by atoms with Crippen molar-refractivity contribution in [2.45, 2.75) is 33.0 Å². The number of aliphatic hydroxyl groups is 1. The molecular formula is C9H15N3O3S. The van der Waals surface area contributed by atoms with Crippen LogP contribution >= 0.6 is 11.3 Å². The molecule has 0 aliphatic heterocycles. The minimum Gasteiger partial charge on any atom is -0.442 e. The van der Waals surface area contributed by atoms with Crippen molar-refractivity contribution in [2.24, 2.45) is 5.84 Å². The van der Waals surface area contributed by atoms with E-state index in [9.17, 15) is 4.79 Å². The van der Waals surface area contributed by atoms with Crippen molar-refractivity contribution >= 4 is 22.6 Å². The van der Waals surface area contributed by atoms with Gasteiger partial charge in [-0.2, -0.15) is 5.01 Å². The number of carbonyl (C=O) groups is 1. The van der Waals surface area contributed by atoms with E-state index in [0.717, 1.165) is 16.3 Å². The first kappa shape index (κ1) is 12.9. The molecule has 1 aromatic rings. The SMILES string of the molecule is CC(C)(C)OC(=O)N(N)c1ncc(CO)s1. The third-order valence-electron chi connectivity index (χ3n) is 1.49. The zero-order valence-electron chi connectivity index (χ0n) is 9.43. The summed E-state index contributed by atoms with van der Waals surface area (Å²) in [5.74, 6) is 5.54. The van der Waals surface area contributed by atoms with Crippen LogP contribution in [0.15, 0.2) is 6.20 Å². The number of thiazole rings is 1. The molecule has 90 valence electrons. The van der Waals surface area contributed by atoms with Gasteiger partial charge in [0.2, 0.25) is 5.13 Å². The fourth-order valence-electron chi connectivity index (χ4n) is 0.871. The first-order valence-corrected chi connectivity index (χ1v) is 5.48. The highest BCUT2D eigenvalue weighted by atomic mass is 32.1. The van der Waals surface area contributed by atoms with Gasteiger partial charge in [0.1, 0.15) is 5.60 Å². The van der Waals surface area contributed by atoms with Crippen LogP contribution in [0.1, 0.15) is 25.6 Å². The van der Waals surface area contributed by atoms with E-state index >= 15 is 0 Å². The molecule has 0 saturated heterocycles. The molecule has 0 unspecified atom stereocenters. The average Bonchev–Trinajstić information content (AvgIpc) is 2.61. The third kappa shape index (κ3) is 3.44. The fourth-order valence-corrected chi connectivity index (χ4v) is 1.55. The van der Waals surface area contributed by atoms with Gasteiger partial charge in [-0.3, -0.25) is 0 Å². The van der Waals surface area contributed by atoms with Gasteiger partial charge in [0, 0.05) is 6.20 Å². The molecule has 16 heavy (non-hydrogen) atoms. The number of nitrogens with zero attached hydrogens (tertiary/aromatic N) is 2. The Morgan fingerprint density at radius 1 is 1.69 bits per heavy atom. The third-order valence-corrected chi connectivity index (χ3v) is 2.47. The Hall–Kier alpha value is -1.18. The Labute approximate surface area is 97.6 Å². The summed E-state index contributed by atoms with van der Waals surface area (Å²) in [4.78, 5) is 16.1. The highest BCUT2D eigenvalue weighted by molar-refractivity contribution is 7.15. The highest BCUT2D eigenvalue weighted by Crippen LogP contribution is 2.21. The summed E-state index contributed by atoms with van der Waals surface area (Å²) in [5.41, 5.74) is -0.605. The fraction of sp³-hybridized carbons (Fsp3) is 0.556. The number of amides is 1. The largest absolute Gasteiger partial charge is 0.442 e. The molecule has 0 saturated carbocycles. The topological polar surface area (TPSA) is 88.7 Å². The predicted molar refractivity (Wildman–Crippen MR) is 60.9 cm³/mol. The number of hydrazine groups is 1. The lowest BCUT2D eigenvalue weighted by molar-refractivity contribution is 0.0580. The van der Waals surface area contributed by atoms with Crippen molar-refractivity contribution in [2.75, 3.05) is 5.01 Å². The van der Waals surface area contributed by atoms with Gasteiger partial charge in [0.15, 0.2) is 0 Å². The molecule has 0 aromatic carbocycles. The number of carbonyl (C=O) groups excluding carboxylic acids is 1. The van der Waals surface area contributed by atoms with Crippen molar-refractivity contribution in [3.05, 3.63) is 11.1 Å². The second kappa shape index (κ2) is 4.77. The van der Waals surface area contributed by atoms with Crippen molar-refractivity contribution in [3.63, 3.8) is 0 Å². The van der Waals surface area contributed by atoms with E-state index in [0.29, 0.717) is 10.0 Å². The number of nitrogens with two attached hydrogens (primary N) is 1. The quantitative estimate of drug-likeness (QED) is 0.465. The number of aromatic nitrogens is 1. The summed E-state index contributed by atoms with van der Waals surface area (Å²) >= 11 is 1.13. The summed E-state index contributed by atoms with van der Waals surface area (Å²) in [6.45, 7) is 5.12. The Morgan fingerprint density at radius 2 is 2.31 bits per heavy atom. The lowest BCUT2D eigenvalue weighted by Crippen LogP contribution is -2.41. The maximum atomic E-state index is 11.5. The van der Waals surface area contributed by atoms with Crippen LogP contribution in [-0.4, -0.2) is 21.8 Å². The van der Waals surface area contributed by atoms with E-state index in [2.05, 4.69) is 4.98 Å². The predicted octanol–water partition coefficient (Wildman–Crippen LogP) is 1.25. The molecular weight excluding hydrogens is 230 g/mol. The first-order valence-electron chi connectivity index (χ1n) is 4.67. The number of anilines is 1. The molecule has 7 heteroatoms. The van der Waals surface area contributed by atoms with Crippen molar-refractivity contribution in [1.82, 2.24) is 4.98 Å². The van der Waals surface area contributed by atoms with E-state index in [1.807, 2.05) is 0 Å². The van der Waals surface area contributed by atoms with Gasteiger partial charge < -0.3 is 9.84 Å². The highest BCUT2D eigenvalue weighted by Gasteiger charge is 2.22. The molecule has 6 nitrogen and oxygen atoms in total. The second-order valence-electron chi connectivity index (χ2n) is 4.12. The van der Waals surface area contributed by atoms with Gasteiger partial charge in [0.25, 0.3) is 0 Å². The van der Waals surface area contributed by atoms with Crippen molar-refractivity contribution in [3.8, 4) is 0 Å². The zero-order valence-corrected chi connectivity index (χ0v) is 10.2. The van der Waals surface area contributed by atoms with Gasteiger partial charge >= 0.3 is 6.09 Å². The Morgan fingerprint density at radius 3 is 2.75 bits per heavy atom. The van der Waals surface area contributed by atoms with E-state index in [1.54, 1.807) is 20.8 Å². The van der Waals surface area contributed by atoms with Gasteiger partial charge in [-0.25, -0.2) is 15.6 Å². The van der Waals surface area contributed by atoms with Crippen LogP contribution in [0.2, 0.25) is 0 Å². The number of rotatable bonds is 2. The maximum absolute atomic E-state index is 11.5. The van der Waals surface area contributed by atoms with E-state index in [-0.39, 0.29) is 6.61 Å². The van der Waals surface area contributed by atoms with Gasteiger partial charge in [-0.1, -0.05) is 11.3 Å². The smallest absolute Gasteiger partial charge is 0.431 e. The minimum atomic E-state index is -0.675. The minimum absolute atomic E-state index is 0.125. The summed E-state index contributed by atoms with van der Waals surface area (Å²) in [5, 5.41) is 9.97. The molecule has 0 atom stereocenters. The molecule has 3 N–H and O–H groups in total. The Balaban J connectivity index is 2.70. The van der Waals surface area contributed by atoms with Crippen LogP contribution in [0.3, 0.4) is 0 Å². The lowest BCUT2D eigenvalue weighted by Gasteiger charge is -2.22. The van der Waals surface area contributed by atoms with Gasteiger partial charge in [-0.05, 0) is 20.8 Å². The molecule has 1 heterocycles. The molecule has 0 aliphatic carbocycles. The second-order valence-corrected chi connectivity index (χ2v) is 5.21. The first-order chi connectivity index (χ1) is 7.33. The molecule has 1 amide bonds.